The van der Waals surface area contributed by atoms with Gasteiger partial charge in [-0.1, -0.05) is 0 Å². The fraction of sp³-hybridized carbons (Fsp3) is 0.417. The largest absolute Gasteiger partial charge is 0.399 e. The lowest BCUT2D eigenvalue weighted by molar-refractivity contribution is 0.189. The minimum Gasteiger partial charge on any atom is -0.399 e. The van der Waals surface area contributed by atoms with Gasteiger partial charge in [-0.3, -0.25) is 4.21 Å². The van der Waals surface area contributed by atoms with E-state index in [0.717, 1.165) is 29.9 Å². The van der Waals surface area contributed by atoms with Gasteiger partial charge in [0.2, 0.25) is 0 Å². The highest BCUT2D eigenvalue weighted by Gasteiger charge is 2.21. The van der Waals surface area contributed by atoms with Crippen molar-refractivity contribution in [1.29, 1.82) is 0 Å². The first-order valence-electron chi connectivity index (χ1n) is 5.84. The third-order valence-electron chi connectivity index (χ3n) is 3.00. The molecule has 0 aliphatic carbocycles. The highest BCUT2D eigenvalue weighted by Crippen LogP contribution is 2.27. The lowest BCUT2D eigenvalue weighted by Crippen LogP contribution is -2.10. The topological polar surface area (TPSA) is 65.2 Å². The summed E-state index contributed by atoms with van der Waals surface area (Å²) in [5.41, 5.74) is 7.32. The molecule has 2 atom stereocenters. The van der Waals surface area contributed by atoms with E-state index in [0.29, 0.717) is 21.7 Å². The summed E-state index contributed by atoms with van der Waals surface area (Å²) in [6.07, 6.45) is 1.00. The second kappa shape index (κ2) is 4.95. The monoisotopic (exact) mass is 282 g/mol. The number of rotatable bonds is 3. The van der Waals surface area contributed by atoms with E-state index in [9.17, 15) is 4.21 Å². The molecule has 18 heavy (non-hydrogen) atoms. The van der Waals surface area contributed by atoms with Gasteiger partial charge in [0.15, 0.2) is 4.34 Å². The van der Waals surface area contributed by atoms with Crippen LogP contribution in [0.3, 0.4) is 0 Å². The molecule has 1 saturated heterocycles. The van der Waals surface area contributed by atoms with Crippen LogP contribution in [0.1, 0.15) is 6.42 Å². The Bertz CT molecular complexity index is 591. The van der Waals surface area contributed by atoms with Crippen LogP contribution in [0.5, 0.6) is 0 Å². The predicted octanol–water partition coefficient (Wildman–Crippen LogP) is 2.02. The molecule has 2 unspecified atom stereocenters. The molecule has 0 bridgehead atoms. The van der Waals surface area contributed by atoms with E-state index >= 15 is 0 Å². The Balaban J connectivity index is 1.82. The van der Waals surface area contributed by atoms with Gasteiger partial charge in [-0.25, -0.2) is 4.98 Å². The van der Waals surface area contributed by atoms with Crippen molar-refractivity contribution >= 4 is 38.0 Å². The van der Waals surface area contributed by atoms with Crippen LogP contribution in [0.15, 0.2) is 22.5 Å². The van der Waals surface area contributed by atoms with E-state index < -0.39 is 10.8 Å². The van der Waals surface area contributed by atoms with Gasteiger partial charge < -0.3 is 10.5 Å². The number of ether oxygens (including phenoxy) is 1. The Hall–Kier alpha value is -0.980. The first-order chi connectivity index (χ1) is 8.72. The molecule has 1 aliphatic rings. The first-order valence-corrected chi connectivity index (χ1v) is 7.98. The summed E-state index contributed by atoms with van der Waals surface area (Å²) in [6.45, 7) is 1.52. The fourth-order valence-corrected chi connectivity index (χ4v) is 4.64. The normalized spacial score (nSPS) is 21.4. The second-order valence-electron chi connectivity index (χ2n) is 4.45. The summed E-state index contributed by atoms with van der Waals surface area (Å²) >= 11 is 1.47. The van der Waals surface area contributed by atoms with E-state index in [4.69, 9.17) is 10.5 Å². The molecule has 96 valence electrons. The van der Waals surface area contributed by atoms with Crippen LogP contribution in [0, 0.1) is 5.92 Å². The van der Waals surface area contributed by atoms with E-state index in [1.807, 2.05) is 18.2 Å². The average molecular weight is 282 g/mol. The molecule has 2 aromatic rings. The Labute approximate surface area is 112 Å². The molecule has 0 radical (unpaired) electrons. The van der Waals surface area contributed by atoms with Gasteiger partial charge in [-0.05, 0) is 30.5 Å². The number of nitrogens with zero attached hydrogens (tertiary/aromatic N) is 1. The quantitative estimate of drug-likeness (QED) is 0.875. The van der Waals surface area contributed by atoms with Crippen LogP contribution in [-0.2, 0) is 15.5 Å². The summed E-state index contributed by atoms with van der Waals surface area (Å²) in [5.74, 6) is 1.05. The number of hydrogen-bond acceptors (Lipinski definition) is 5. The molecular formula is C12H14N2O2S2. The Morgan fingerprint density at radius 3 is 3.22 bits per heavy atom. The Morgan fingerprint density at radius 2 is 2.44 bits per heavy atom. The zero-order valence-corrected chi connectivity index (χ0v) is 11.4. The highest BCUT2D eigenvalue weighted by molar-refractivity contribution is 7.87. The molecule has 1 fully saturated rings. The van der Waals surface area contributed by atoms with Crippen molar-refractivity contribution in [2.45, 2.75) is 10.8 Å². The smallest absolute Gasteiger partial charge is 0.181 e. The highest BCUT2D eigenvalue weighted by atomic mass is 32.2. The number of nitrogens with two attached hydrogens (primary N) is 1. The number of fused-ring (bicyclic) bond motifs is 1. The van der Waals surface area contributed by atoms with Crippen LogP contribution < -0.4 is 5.73 Å². The third-order valence-corrected chi connectivity index (χ3v) is 5.87. The summed E-state index contributed by atoms with van der Waals surface area (Å²) < 4.78 is 19.2. The predicted molar refractivity (Wildman–Crippen MR) is 74.2 cm³/mol. The van der Waals surface area contributed by atoms with Crippen LogP contribution >= 0.6 is 11.3 Å². The van der Waals surface area contributed by atoms with Gasteiger partial charge >= 0.3 is 0 Å². The number of anilines is 1. The Morgan fingerprint density at radius 1 is 1.56 bits per heavy atom. The van der Waals surface area contributed by atoms with Crippen molar-refractivity contribution in [2.24, 2.45) is 5.92 Å². The van der Waals surface area contributed by atoms with Crippen molar-refractivity contribution in [3.05, 3.63) is 18.2 Å². The lowest BCUT2D eigenvalue weighted by Gasteiger charge is -2.03. The maximum Gasteiger partial charge on any atom is 0.181 e. The number of nitrogen functional groups attached to an aromatic ring is 1. The van der Waals surface area contributed by atoms with Gasteiger partial charge in [-0.15, -0.1) is 11.3 Å². The molecule has 2 N–H and O–H groups in total. The third kappa shape index (κ3) is 2.41. The molecule has 0 amide bonds. The van der Waals surface area contributed by atoms with Gasteiger partial charge in [0, 0.05) is 18.0 Å². The van der Waals surface area contributed by atoms with Crippen molar-refractivity contribution in [3.63, 3.8) is 0 Å². The molecule has 0 saturated carbocycles. The van der Waals surface area contributed by atoms with Crippen LogP contribution in [-0.4, -0.2) is 28.2 Å². The van der Waals surface area contributed by atoms with E-state index in [1.54, 1.807) is 0 Å². The van der Waals surface area contributed by atoms with Crippen molar-refractivity contribution in [2.75, 3.05) is 24.7 Å². The minimum absolute atomic E-state index is 0.405. The van der Waals surface area contributed by atoms with E-state index in [2.05, 4.69) is 4.98 Å². The fourth-order valence-electron chi connectivity index (χ4n) is 2.02. The Kier molecular flexibility index (Phi) is 3.32. The summed E-state index contributed by atoms with van der Waals surface area (Å²) in [4.78, 5) is 4.42. The van der Waals surface area contributed by atoms with Crippen LogP contribution in [0.25, 0.3) is 10.2 Å². The lowest BCUT2D eigenvalue weighted by atomic mass is 10.2. The van der Waals surface area contributed by atoms with E-state index in [1.165, 1.54) is 11.3 Å². The van der Waals surface area contributed by atoms with Crippen LogP contribution in [0.4, 0.5) is 5.69 Å². The summed E-state index contributed by atoms with van der Waals surface area (Å²) in [7, 11) is -1.03. The molecule has 1 aromatic heterocycles. The number of benzene rings is 1. The van der Waals surface area contributed by atoms with Crippen molar-refractivity contribution in [1.82, 2.24) is 4.98 Å². The van der Waals surface area contributed by atoms with Gasteiger partial charge in [-0.2, -0.15) is 0 Å². The summed E-state index contributed by atoms with van der Waals surface area (Å²) in [5, 5.41) is 0. The molecule has 1 aromatic carbocycles. The molecule has 0 spiro atoms. The molecular weight excluding hydrogens is 268 g/mol. The average Bonchev–Trinajstić information content (AvgIpc) is 2.96. The van der Waals surface area contributed by atoms with E-state index in [-0.39, 0.29) is 0 Å². The van der Waals surface area contributed by atoms with Gasteiger partial charge in [0.25, 0.3) is 0 Å². The maximum absolute atomic E-state index is 12.2. The minimum atomic E-state index is -1.03. The summed E-state index contributed by atoms with van der Waals surface area (Å²) in [6, 6.07) is 5.58. The second-order valence-corrected chi connectivity index (χ2v) is 7.15. The number of aromatic nitrogens is 1. The molecule has 4 nitrogen and oxygen atoms in total. The molecule has 3 rings (SSSR count). The van der Waals surface area contributed by atoms with Crippen molar-refractivity contribution in [3.8, 4) is 0 Å². The zero-order chi connectivity index (χ0) is 12.5. The number of thiazole rings is 1. The zero-order valence-electron chi connectivity index (χ0n) is 9.80. The molecule has 2 heterocycles. The first kappa shape index (κ1) is 12.1. The SMILES string of the molecule is Nc1ccc2nc(S(=O)CC3CCOC3)sc2c1. The number of hydrogen-bond donors (Lipinski definition) is 1. The standard InChI is InChI=1S/C12H14N2O2S2/c13-9-1-2-10-11(5-9)17-12(14-10)18(15)7-8-3-4-16-6-8/h1-2,5,8H,3-4,6-7,13H2. The van der Waals surface area contributed by atoms with Crippen LogP contribution in [0.2, 0.25) is 0 Å². The molecule has 6 heteroatoms. The van der Waals surface area contributed by atoms with Gasteiger partial charge in [0.05, 0.1) is 27.6 Å². The van der Waals surface area contributed by atoms with Gasteiger partial charge in [0.1, 0.15) is 0 Å². The maximum atomic E-state index is 12.2. The van der Waals surface area contributed by atoms with Crippen molar-refractivity contribution < 1.29 is 8.95 Å². The molecule has 1 aliphatic heterocycles.